The number of urea groups is 1. The molecule has 0 aromatic heterocycles. The van der Waals surface area contributed by atoms with Crippen molar-refractivity contribution in [3.63, 3.8) is 0 Å². The number of rotatable bonds is 4. The van der Waals surface area contributed by atoms with Crippen LogP contribution in [0.15, 0.2) is 24.3 Å². The number of likely N-dealkylation sites (tertiary alicyclic amines) is 1. The molecule has 0 saturated carbocycles. The van der Waals surface area contributed by atoms with E-state index in [1.165, 1.54) is 0 Å². The Morgan fingerprint density at radius 2 is 1.69 bits per heavy atom. The van der Waals surface area contributed by atoms with Crippen molar-refractivity contribution < 1.29 is 13.2 Å². The van der Waals surface area contributed by atoms with E-state index >= 15 is 0 Å². The standard InChI is InChI=1S/C19H29N3O3S/c1-15-3-5-16(6-4-15)14-26(24,25)22-12-9-18(13-22)17-7-10-21(11-8-17)19(23)20-2/h3-6,17-18H,7-14H2,1-2H3,(H,20,23). The van der Waals surface area contributed by atoms with Crippen molar-refractivity contribution in [3.8, 4) is 0 Å². The number of nitrogens with one attached hydrogen (secondary N) is 1. The molecule has 2 aliphatic rings. The first kappa shape index (κ1) is 19.2. The van der Waals surface area contributed by atoms with Crippen LogP contribution >= 0.6 is 0 Å². The van der Waals surface area contributed by atoms with E-state index in [1.807, 2.05) is 36.1 Å². The Labute approximate surface area is 156 Å². The molecule has 1 aromatic carbocycles. The van der Waals surface area contributed by atoms with Gasteiger partial charge in [-0.2, -0.15) is 0 Å². The first-order valence-corrected chi connectivity index (χ1v) is 11.0. The summed E-state index contributed by atoms with van der Waals surface area (Å²) in [6.07, 6.45) is 2.85. The fraction of sp³-hybridized carbons (Fsp3) is 0.632. The Balaban J connectivity index is 1.55. The predicted octanol–water partition coefficient (Wildman–Crippen LogP) is 2.20. The first-order chi connectivity index (χ1) is 12.4. The summed E-state index contributed by atoms with van der Waals surface area (Å²) >= 11 is 0. The van der Waals surface area contributed by atoms with Gasteiger partial charge in [0.25, 0.3) is 0 Å². The number of amides is 2. The van der Waals surface area contributed by atoms with Gasteiger partial charge in [-0.3, -0.25) is 0 Å². The molecular weight excluding hydrogens is 350 g/mol. The van der Waals surface area contributed by atoms with Crippen LogP contribution in [0.4, 0.5) is 4.79 Å². The number of sulfonamides is 1. The highest BCUT2D eigenvalue weighted by molar-refractivity contribution is 7.88. The molecule has 2 heterocycles. The van der Waals surface area contributed by atoms with Crippen molar-refractivity contribution in [2.45, 2.75) is 31.9 Å². The van der Waals surface area contributed by atoms with Gasteiger partial charge in [-0.1, -0.05) is 29.8 Å². The van der Waals surface area contributed by atoms with Crippen molar-refractivity contribution in [1.82, 2.24) is 14.5 Å². The van der Waals surface area contributed by atoms with Gasteiger partial charge in [0.1, 0.15) is 0 Å². The number of piperidine rings is 1. The van der Waals surface area contributed by atoms with E-state index in [9.17, 15) is 13.2 Å². The van der Waals surface area contributed by atoms with Crippen LogP contribution in [0, 0.1) is 18.8 Å². The number of carbonyl (C=O) groups excluding carboxylic acids is 1. The Morgan fingerprint density at radius 1 is 1.08 bits per heavy atom. The second kappa shape index (κ2) is 7.96. The Hall–Kier alpha value is -1.60. The summed E-state index contributed by atoms with van der Waals surface area (Å²) in [6.45, 7) is 4.76. The molecule has 2 saturated heterocycles. The third kappa shape index (κ3) is 4.38. The second-order valence-electron chi connectivity index (χ2n) is 7.53. The highest BCUT2D eigenvalue weighted by atomic mass is 32.2. The third-order valence-corrected chi connectivity index (χ3v) is 7.57. The fourth-order valence-electron chi connectivity index (χ4n) is 4.11. The number of benzene rings is 1. The number of aryl methyl sites for hydroxylation is 1. The molecule has 7 heteroatoms. The molecule has 2 amide bonds. The largest absolute Gasteiger partial charge is 0.341 e. The Bertz CT molecular complexity index is 725. The maximum absolute atomic E-state index is 12.8. The lowest BCUT2D eigenvalue weighted by Crippen LogP contribution is -2.44. The minimum absolute atomic E-state index is 0.0165. The first-order valence-electron chi connectivity index (χ1n) is 9.39. The number of hydrogen-bond acceptors (Lipinski definition) is 3. The van der Waals surface area contributed by atoms with Crippen molar-refractivity contribution in [2.24, 2.45) is 11.8 Å². The summed E-state index contributed by atoms with van der Waals surface area (Å²) < 4.78 is 27.2. The average Bonchev–Trinajstić information content (AvgIpc) is 3.14. The van der Waals surface area contributed by atoms with Crippen LogP contribution in [0.5, 0.6) is 0 Å². The highest BCUT2D eigenvalue weighted by Crippen LogP contribution is 2.33. The van der Waals surface area contributed by atoms with Gasteiger partial charge < -0.3 is 10.2 Å². The predicted molar refractivity (Wildman–Crippen MR) is 102 cm³/mol. The van der Waals surface area contributed by atoms with E-state index in [4.69, 9.17) is 0 Å². The van der Waals surface area contributed by atoms with Crippen LogP contribution in [0.3, 0.4) is 0 Å². The summed E-state index contributed by atoms with van der Waals surface area (Å²) in [4.78, 5) is 13.5. The van der Waals surface area contributed by atoms with E-state index in [1.54, 1.807) is 11.4 Å². The number of nitrogens with zero attached hydrogens (tertiary/aromatic N) is 2. The zero-order chi connectivity index (χ0) is 18.7. The van der Waals surface area contributed by atoms with E-state index in [2.05, 4.69) is 5.32 Å². The minimum atomic E-state index is -3.27. The minimum Gasteiger partial charge on any atom is -0.341 e. The molecule has 2 aliphatic heterocycles. The van der Waals surface area contributed by atoms with Gasteiger partial charge in [-0.25, -0.2) is 17.5 Å². The Morgan fingerprint density at radius 3 is 2.31 bits per heavy atom. The van der Waals surface area contributed by atoms with Gasteiger partial charge in [0.15, 0.2) is 0 Å². The smallest absolute Gasteiger partial charge is 0.317 e. The van der Waals surface area contributed by atoms with Crippen LogP contribution in [-0.2, 0) is 15.8 Å². The molecule has 1 aromatic rings. The molecule has 0 spiro atoms. The van der Waals surface area contributed by atoms with E-state index in [0.717, 1.165) is 43.5 Å². The van der Waals surface area contributed by atoms with Crippen molar-refractivity contribution in [1.29, 1.82) is 0 Å². The topological polar surface area (TPSA) is 69.7 Å². The fourth-order valence-corrected chi connectivity index (χ4v) is 5.71. The molecule has 1 unspecified atom stereocenters. The van der Waals surface area contributed by atoms with Gasteiger partial charge >= 0.3 is 6.03 Å². The van der Waals surface area contributed by atoms with E-state index < -0.39 is 10.0 Å². The molecule has 1 N–H and O–H groups in total. The summed E-state index contributed by atoms with van der Waals surface area (Å²) in [6, 6.07) is 7.69. The molecule has 6 nitrogen and oxygen atoms in total. The molecule has 0 radical (unpaired) electrons. The zero-order valence-electron chi connectivity index (χ0n) is 15.6. The van der Waals surface area contributed by atoms with Crippen LogP contribution in [-0.4, -0.2) is 56.9 Å². The lowest BCUT2D eigenvalue weighted by Gasteiger charge is -2.34. The van der Waals surface area contributed by atoms with Crippen molar-refractivity contribution >= 4 is 16.1 Å². The highest BCUT2D eigenvalue weighted by Gasteiger charge is 2.36. The quantitative estimate of drug-likeness (QED) is 0.872. The van der Waals surface area contributed by atoms with Crippen LogP contribution in [0.2, 0.25) is 0 Å². The maximum atomic E-state index is 12.8. The molecule has 26 heavy (non-hydrogen) atoms. The number of hydrogen-bond donors (Lipinski definition) is 1. The summed E-state index contributed by atoms with van der Waals surface area (Å²) in [5, 5.41) is 2.67. The van der Waals surface area contributed by atoms with Crippen molar-refractivity contribution in [2.75, 3.05) is 33.2 Å². The van der Waals surface area contributed by atoms with Gasteiger partial charge in [0.05, 0.1) is 5.75 Å². The SMILES string of the molecule is CNC(=O)N1CCC(C2CCN(S(=O)(=O)Cc3ccc(C)cc3)C2)CC1. The lowest BCUT2D eigenvalue weighted by atomic mass is 9.84. The van der Waals surface area contributed by atoms with Crippen molar-refractivity contribution in [3.05, 3.63) is 35.4 Å². The number of carbonyl (C=O) groups is 1. The Kier molecular flexibility index (Phi) is 5.87. The van der Waals surface area contributed by atoms with E-state index in [-0.39, 0.29) is 11.8 Å². The third-order valence-electron chi connectivity index (χ3n) is 5.76. The zero-order valence-corrected chi connectivity index (χ0v) is 16.5. The van der Waals surface area contributed by atoms with Gasteiger partial charge in [0, 0.05) is 33.2 Å². The van der Waals surface area contributed by atoms with Gasteiger partial charge in [0.2, 0.25) is 10.0 Å². The molecule has 1 atom stereocenters. The summed E-state index contributed by atoms with van der Waals surface area (Å²) in [7, 11) is -1.61. The molecule has 144 valence electrons. The summed E-state index contributed by atoms with van der Waals surface area (Å²) in [5.74, 6) is 1.000. The molecule has 0 aliphatic carbocycles. The average molecular weight is 380 g/mol. The molecule has 3 rings (SSSR count). The molecule has 0 bridgehead atoms. The summed E-state index contributed by atoms with van der Waals surface area (Å²) in [5.41, 5.74) is 1.98. The molecule has 2 fully saturated rings. The lowest BCUT2D eigenvalue weighted by molar-refractivity contribution is 0.153. The van der Waals surface area contributed by atoms with E-state index in [0.29, 0.717) is 24.9 Å². The van der Waals surface area contributed by atoms with Crippen LogP contribution in [0.25, 0.3) is 0 Å². The van der Waals surface area contributed by atoms with Gasteiger partial charge in [-0.05, 0) is 43.6 Å². The second-order valence-corrected chi connectivity index (χ2v) is 9.50. The van der Waals surface area contributed by atoms with Crippen LogP contribution < -0.4 is 5.32 Å². The van der Waals surface area contributed by atoms with Gasteiger partial charge in [-0.15, -0.1) is 0 Å². The monoisotopic (exact) mass is 379 g/mol. The van der Waals surface area contributed by atoms with Crippen LogP contribution in [0.1, 0.15) is 30.4 Å². The maximum Gasteiger partial charge on any atom is 0.317 e. The normalized spacial score (nSPS) is 22.5. The molecular formula is C19H29N3O3S.